The second kappa shape index (κ2) is 8.72. The summed E-state index contributed by atoms with van der Waals surface area (Å²) in [6.07, 6.45) is 3.36. The molecule has 1 saturated carbocycles. The molecule has 1 aromatic rings. The molecule has 9 nitrogen and oxygen atoms in total. The lowest BCUT2D eigenvalue weighted by atomic mass is 9.73. The molecule has 0 radical (unpaired) electrons. The predicted octanol–water partition coefficient (Wildman–Crippen LogP) is 1.64. The zero-order chi connectivity index (χ0) is 24.0. The highest BCUT2D eigenvalue weighted by Gasteiger charge is 2.55. The standard InChI is InChI=1S/C23H32N4O5S/c1-16-7-8-17(2)19(14-16)33(31,32)26-12-10-25(11-13-26)20(28)15-27-21(29)23(24-22(27)30)9-5-4-6-18(23)3/h7-8,14,18H,4-6,9-13,15H2,1-3H3,(H,24,30)/t18-,23+/m1/s1. The number of benzene rings is 1. The van der Waals surface area contributed by atoms with Crippen molar-refractivity contribution < 1.29 is 22.8 Å². The van der Waals surface area contributed by atoms with Gasteiger partial charge >= 0.3 is 6.03 Å². The number of sulfonamides is 1. The Labute approximate surface area is 195 Å². The van der Waals surface area contributed by atoms with Crippen molar-refractivity contribution in [3.8, 4) is 0 Å². The van der Waals surface area contributed by atoms with Crippen LogP contribution in [0.3, 0.4) is 0 Å². The minimum atomic E-state index is -3.66. The van der Waals surface area contributed by atoms with Gasteiger partial charge in [-0.1, -0.05) is 31.9 Å². The van der Waals surface area contributed by atoms with Gasteiger partial charge in [0.15, 0.2) is 0 Å². The largest absolute Gasteiger partial charge is 0.338 e. The molecule has 1 N–H and O–H groups in total. The van der Waals surface area contributed by atoms with Gasteiger partial charge in [-0.2, -0.15) is 4.31 Å². The maximum atomic E-state index is 13.1. The number of nitrogens with zero attached hydrogens (tertiary/aromatic N) is 3. The molecule has 4 rings (SSSR count). The van der Waals surface area contributed by atoms with Crippen LogP contribution in [0.15, 0.2) is 23.1 Å². The second-order valence-electron chi connectivity index (χ2n) is 9.49. The lowest BCUT2D eigenvalue weighted by Gasteiger charge is -2.37. The van der Waals surface area contributed by atoms with Crippen molar-refractivity contribution >= 4 is 27.9 Å². The molecule has 0 bridgehead atoms. The van der Waals surface area contributed by atoms with Crippen molar-refractivity contribution in [3.63, 3.8) is 0 Å². The third kappa shape index (κ3) is 4.14. The van der Waals surface area contributed by atoms with Crippen molar-refractivity contribution in [3.05, 3.63) is 29.3 Å². The van der Waals surface area contributed by atoms with Gasteiger partial charge in [0.05, 0.1) is 4.90 Å². The third-order valence-corrected chi connectivity index (χ3v) is 9.39. The third-order valence-electron chi connectivity index (χ3n) is 7.35. The molecule has 2 saturated heterocycles. The molecule has 10 heteroatoms. The number of carbonyl (C=O) groups is 3. The minimum absolute atomic E-state index is 0.0293. The normalized spacial score (nSPS) is 26.7. The molecule has 0 aromatic heterocycles. The second-order valence-corrected chi connectivity index (χ2v) is 11.4. The van der Waals surface area contributed by atoms with Crippen LogP contribution in [-0.4, -0.2) is 78.6 Å². The van der Waals surface area contributed by atoms with Crippen LogP contribution in [-0.2, 0) is 19.6 Å². The van der Waals surface area contributed by atoms with Gasteiger partial charge in [0.2, 0.25) is 15.9 Å². The highest BCUT2D eigenvalue weighted by Crippen LogP contribution is 2.38. The molecule has 0 unspecified atom stereocenters. The summed E-state index contributed by atoms with van der Waals surface area (Å²) >= 11 is 0. The zero-order valence-corrected chi connectivity index (χ0v) is 20.3. The van der Waals surface area contributed by atoms with Crippen molar-refractivity contribution in [1.29, 1.82) is 0 Å². The van der Waals surface area contributed by atoms with Crippen LogP contribution in [0, 0.1) is 19.8 Å². The highest BCUT2D eigenvalue weighted by molar-refractivity contribution is 7.89. The number of carbonyl (C=O) groups excluding carboxylic acids is 3. The zero-order valence-electron chi connectivity index (χ0n) is 19.5. The summed E-state index contributed by atoms with van der Waals surface area (Å²) in [6, 6.07) is 4.82. The highest BCUT2D eigenvalue weighted by atomic mass is 32.2. The number of hydrogen-bond acceptors (Lipinski definition) is 5. The van der Waals surface area contributed by atoms with Crippen molar-refractivity contribution in [2.45, 2.75) is 56.9 Å². The molecule has 1 spiro atoms. The number of hydrogen-bond donors (Lipinski definition) is 1. The Hall–Kier alpha value is -2.46. The molecule has 2 heterocycles. The fourth-order valence-corrected chi connectivity index (χ4v) is 6.91. The van der Waals surface area contributed by atoms with E-state index in [1.807, 2.05) is 19.9 Å². The molecule has 4 amide bonds. The first-order valence-corrected chi connectivity index (χ1v) is 13.0. The molecular formula is C23H32N4O5S. The lowest BCUT2D eigenvalue weighted by molar-refractivity contribution is -0.141. The number of rotatable bonds is 4. The Morgan fingerprint density at radius 2 is 1.82 bits per heavy atom. The molecule has 33 heavy (non-hydrogen) atoms. The fourth-order valence-electron chi connectivity index (χ4n) is 5.18. The van der Waals surface area contributed by atoms with E-state index in [0.29, 0.717) is 12.0 Å². The van der Waals surface area contributed by atoms with Crippen LogP contribution in [0.25, 0.3) is 0 Å². The Kier molecular flexibility index (Phi) is 6.26. The molecule has 180 valence electrons. The molecule has 2 aliphatic heterocycles. The SMILES string of the molecule is Cc1ccc(C)c(S(=O)(=O)N2CCN(C(=O)CN3C(=O)N[C@]4(CCCC[C@H]4C)C3=O)CC2)c1. The van der Waals surface area contributed by atoms with Crippen LogP contribution < -0.4 is 5.32 Å². The number of imide groups is 1. The average molecular weight is 477 g/mol. The molecule has 1 aromatic carbocycles. The summed E-state index contributed by atoms with van der Waals surface area (Å²) in [6.45, 7) is 6.04. The van der Waals surface area contributed by atoms with E-state index in [9.17, 15) is 22.8 Å². The van der Waals surface area contributed by atoms with Crippen molar-refractivity contribution in [2.75, 3.05) is 32.7 Å². The van der Waals surface area contributed by atoms with E-state index in [1.54, 1.807) is 19.1 Å². The predicted molar refractivity (Wildman–Crippen MR) is 122 cm³/mol. The Bertz CT molecular complexity index is 1080. The van der Waals surface area contributed by atoms with E-state index in [1.165, 1.54) is 9.21 Å². The van der Waals surface area contributed by atoms with E-state index in [-0.39, 0.29) is 55.4 Å². The Balaban J connectivity index is 1.39. The van der Waals surface area contributed by atoms with Crippen LogP contribution in [0.5, 0.6) is 0 Å². The maximum absolute atomic E-state index is 13.1. The number of aryl methyl sites for hydroxylation is 2. The van der Waals surface area contributed by atoms with Gasteiger partial charge in [-0.15, -0.1) is 0 Å². The average Bonchev–Trinajstić information content (AvgIpc) is 3.02. The van der Waals surface area contributed by atoms with E-state index >= 15 is 0 Å². The first-order chi connectivity index (χ1) is 15.6. The minimum Gasteiger partial charge on any atom is -0.338 e. The molecule has 3 aliphatic rings. The lowest BCUT2D eigenvalue weighted by Crippen LogP contribution is -2.55. The fraction of sp³-hybridized carbons (Fsp3) is 0.609. The van der Waals surface area contributed by atoms with Crippen molar-refractivity contribution in [2.24, 2.45) is 5.92 Å². The first-order valence-electron chi connectivity index (χ1n) is 11.6. The number of nitrogens with one attached hydrogen (secondary N) is 1. The maximum Gasteiger partial charge on any atom is 0.325 e. The van der Waals surface area contributed by atoms with Gasteiger partial charge in [-0.05, 0) is 49.8 Å². The van der Waals surface area contributed by atoms with Gasteiger partial charge in [0.1, 0.15) is 12.1 Å². The van der Waals surface area contributed by atoms with E-state index in [4.69, 9.17) is 0 Å². The summed E-state index contributed by atoms with van der Waals surface area (Å²) in [5.41, 5.74) is 0.656. The smallest absolute Gasteiger partial charge is 0.325 e. The van der Waals surface area contributed by atoms with Gasteiger partial charge in [-0.25, -0.2) is 13.2 Å². The van der Waals surface area contributed by atoms with Crippen LogP contribution >= 0.6 is 0 Å². The quantitative estimate of drug-likeness (QED) is 0.665. The summed E-state index contributed by atoms with van der Waals surface area (Å²) < 4.78 is 27.6. The molecule has 3 fully saturated rings. The van der Waals surface area contributed by atoms with E-state index in [2.05, 4.69) is 5.32 Å². The van der Waals surface area contributed by atoms with Gasteiger partial charge in [-0.3, -0.25) is 14.5 Å². The first kappa shape index (κ1) is 23.7. The van der Waals surface area contributed by atoms with Gasteiger partial charge in [0, 0.05) is 26.2 Å². The van der Waals surface area contributed by atoms with Crippen LogP contribution in [0.1, 0.15) is 43.7 Å². The van der Waals surface area contributed by atoms with Crippen LogP contribution in [0.4, 0.5) is 4.79 Å². The molecule has 1 aliphatic carbocycles. The van der Waals surface area contributed by atoms with Crippen molar-refractivity contribution in [1.82, 2.24) is 19.4 Å². The van der Waals surface area contributed by atoms with E-state index < -0.39 is 21.6 Å². The number of amides is 4. The van der Waals surface area contributed by atoms with Crippen LogP contribution in [0.2, 0.25) is 0 Å². The monoisotopic (exact) mass is 476 g/mol. The summed E-state index contributed by atoms with van der Waals surface area (Å²) in [7, 11) is -3.66. The summed E-state index contributed by atoms with van der Waals surface area (Å²) in [5, 5.41) is 2.86. The van der Waals surface area contributed by atoms with Gasteiger partial charge < -0.3 is 10.2 Å². The Morgan fingerprint density at radius 3 is 2.48 bits per heavy atom. The summed E-state index contributed by atoms with van der Waals surface area (Å²) in [5.74, 6) is -0.631. The Morgan fingerprint density at radius 1 is 1.12 bits per heavy atom. The van der Waals surface area contributed by atoms with Gasteiger partial charge in [0.25, 0.3) is 5.91 Å². The number of urea groups is 1. The van der Waals surface area contributed by atoms with E-state index in [0.717, 1.165) is 29.7 Å². The molecular weight excluding hydrogens is 444 g/mol. The molecule has 2 atom stereocenters. The summed E-state index contributed by atoms with van der Waals surface area (Å²) in [4.78, 5) is 41.4. The number of piperazine rings is 1. The topological polar surface area (TPSA) is 107 Å².